The van der Waals surface area contributed by atoms with E-state index >= 15 is 0 Å². The SMILES string of the molecule is O=C(CSc1ccc(F)cc1)N1CCN(C2CC2)CC1c1ccccc1. The van der Waals surface area contributed by atoms with Crippen LogP contribution in [0.1, 0.15) is 24.4 Å². The maximum atomic E-state index is 13.0. The Kier molecular flexibility index (Phi) is 5.27. The largest absolute Gasteiger partial charge is 0.332 e. The van der Waals surface area contributed by atoms with Crippen LogP contribution in [0.3, 0.4) is 0 Å². The van der Waals surface area contributed by atoms with Crippen LogP contribution in [-0.2, 0) is 4.79 Å². The predicted octanol–water partition coefficient (Wildman–Crippen LogP) is 3.97. The van der Waals surface area contributed by atoms with Crippen LogP contribution in [0, 0.1) is 5.82 Å². The number of benzene rings is 2. The molecule has 1 saturated heterocycles. The average molecular weight is 370 g/mol. The number of rotatable bonds is 5. The maximum Gasteiger partial charge on any atom is 0.233 e. The molecule has 5 heteroatoms. The lowest BCUT2D eigenvalue weighted by Crippen LogP contribution is -2.51. The minimum Gasteiger partial charge on any atom is -0.332 e. The van der Waals surface area contributed by atoms with Crippen LogP contribution in [0.15, 0.2) is 59.5 Å². The van der Waals surface area contributed by atoms with Crippen molar-refractivity contribution in [2.24, 2.45) is 0 Å². The summed E-state index contributed by atoms with van der Waals surface area (Å²) in [6.45, 7) is 2.65. The molecule has 0 spiro atoms. The first-order valence-corrected chi connectivity index (χ1v) is 10.2. The van der Waals surface area contributed by atoms with E-state index in [9.17, 15) is 9.18 Å². The summed E-state index contributed by atoms with van der Waals surface area (Å²) in [7, 11) is 0. The summed E-state index contributed by atoms with van der Waals surface area (Å²) >= 11 is 1.48. The molecular weight excluding hydrogens is 347 g/mol. The molecule has 0 aromatic heterocycles. The van der Waals surface area contributed by atoms with Crippen molar-refractivity contribution in [2.45, 2.75) is 29.8 Å². The molecule has 26 heavy (non-hydrogen) atoms. The van der Waals surface area contributed by atoms with Gasteiger partial charge in [-0.25, -0.2) is 4.39 Å². The van der Waals surface area contributed by atoms with Gasteiger partial charge in [-0.1, -0.05) is 30.3 Å². The van der Waals surface area contributed by atoms with E-state index in [1.807, 2.05) is 23.1 Å². The molecule has 0 radical (unpaired) electrons. The number of amides is 1. The summed E-state index contributed by atoms with van der Waals surface area (Å²) in [6, 6.07) is 17.5. The normalized spacial score (nSPS) is 21.0. The molecule has 3 nitrogen and oxygen atoms in total. The smallest absolute Gasteiger partial charge is 0.233 e. The summed E-state index contributed by atoms with van der Waals surface area (Å²) in [5.74, 6) is 0.294. The molecule has 1 aliphatic heterocycles. The van der Waals surface area contributed by atoms with Crippen molar-refractivity contribution in [3.63, 3.8) is 0 Å². The molecule has 1 amide bonds. The molecule has 2 aromatic rings. The number of thioether (sulfide) groups is 1. The number of hydrogen-bond acceptors (Lipinski definition) is 3. The number of halogens is 1. The molecule has 136 valence electrons. The summed E-state index contributed by atoms with van der Waals surface area (Å²) in [5.41, 5.74) is 1.21. The Morgan fingerprint density at radius 3 is 2.46 bits per heavy atom. The number of nitrogens with zero attached hydrogens (tertiary/aromatic N) is 2. The van der Waals surface area contributed by atoms with Crippen molar-refractivity contribution in [1.82, 2.24) is 9.80 Å². The van der Waals surface area contributed by atoms with Gasteiger partial charge in [-0.3, -0.25) is 9.69 Å². The number of carbonyl (C=O) groups is 1. The van der Waals surface area contributed by atoms with E-state index in [-0.39, 0.29) is 17.8 Å². The van der Waals surface area contributed by atoms with E-state index in [0.717, 1.165) is 24.5 Å². The highest BCUT2D eigenvalue weighted by atomic mass is 32.2. The zero-order valence-corrected chi connectivity index (χ0v) is 15.5. The monoisotopic (exact) mass is 370 g/mol. The van der Waals surface area contributed by atoms with Crippen molar-refractivity contribution < 1.29 is 9.18 Å². The summed E-state index contributed by atoms with van der Waals surface area (Å²) in [4.78, 5) is 18.4. The van der Waals surface area contributed by atoms with Gasteiger partial charge in [0.25, 0.3) is 0 Å². The number of carbonyl (C=O) groups excluding carboxylic acids is 1. The number of hydrogen-bond donors (Lipinski definition) is 0. The first-order chi connectivity index (χ1) is 12.7. The van der Waals surface area contributed by atoms with Crippen molar-refractivity contribution in [3.8, 4) is 0 Å². The second kappa shape index (κ2) is 7.80. The Morgan fingerprint density at radius 1 is 1.04 bits per heavy atom. The molecule has 2 aliphatic rings. The van der Waals surface area contributed by atoms with Gasteiger partial charge in [-0.15, -0.1) is 11.8 Å². The quantitative estimate of drug-likeness (QED) is 0.744. The fourth-order valence-electron chi connectivity index (χ4n) is 3.59. The molecule has 1 heterocycles. The lowest BCUT2D eigenvalue weighted by Gasteiger charge is -2.42. The second-order valence-corrected chi connectivity index (χ2v) is 8.03. The van der Waals surface area contributed by atoms with E-state index in [1.165, 1.54) is 42.3 Å². The van der Waals surface area contributed by atoms with Crippen LogP contribution in [0.4, 0.5) is 4.39 Å². The predicted molar refractivity (Wildman–Crippen MR) is 103 cm³/mol. The maximum absolute atomic E-state index is 13.0. The van der Waals surface area contributed by atoms with Crippen LogP contribution in [-0.4, -0.2) is 47.1 Å². The van der Waals surface area contributed by atoms with Crippen LogP contribution < -0.4 is 0 Å². The molecule has 2 fully saturated rings. The lowest BCUT2D eigenvalue weighted by molar-refractivity contribution is -0.133. The third-order valence-corrected chi connectivity index (χ3v) is 6.15. The van der Waals surface area contributed by atoms with Gasteiger partial charge in [-0.2, -0.15) is 0 Å². The highest BCUT2D eigenvalue weighted by molar-refractivity contribution is 8.00. The van der Waals surface area contributed by atoms with Gasteiger partial charge in [0.1, 0.15) is 5.82 Å². The van der Waals surface area contributed by atoms with Crippen LogP contribution >= 0.6 is 11.8 Å². The highest BCUT2D eigenvalue weighted by Gasteiger charge is 2.37. The Labute approximate surface area is 158 Å². The third kappa shape index (κ3) is 4.10. The van der Waals surface area contributed by atoms with E-state index < -0.39 is 0 Å². The molecule has 4 rings (SSSR count). The van der Waals surface area contributed by atoms with E-state index in [2.05, 4.69) is 17.0 Å². The molecule has 0 N–H and O–H groups in total. The Balaban J connectivity index is 1.45. The molecule has 1 atom stereocenters. The van der Waals surface area contributed by atoms with Gasteiger partial charge in [-0.05, 0) is 42.7 Å². The minimum absolute atomic E-state index is 0.117. The average Bonchev–Trinajstić information content (AvgIpc) is 3.53. The fraction of sp³-hybridized carbons (Fsp3) is 0.381. The zero-order chi connectivity index (χ0) is 17.9. The molecule has 1 unspecified atom stereocenters. The van der Waals surface area contributed by atoms with E-state index in [1.54, 1.807) is 12.1 Å². The van der Waals surface area contributed by atoms with Crippen molar-refractivity contribution in [3.05, 3.63) is 66.0 Å². The molecule has 1 saturated carbocycles. The zero-order valence-electron chi connectivity index (χ0n) is 14.7. The van der Waals surface area contributed by atoms with Crippen LogP contribution in [0.5, 0.6) is 0 Å². The highest BCUT2D eigenvalue weighted by Crippen LogP contribution is 2.34. The molecule has 2 aromatic carbocycles. The van der Waals surface area contributed by atoms with Crippen molar-refractivity contribution >= 4 is 17.7 Å². The van der Waals surface area contributed by atoms with E-state index in [0.29, 0.717) is 11.8 Å². The topological polar surface area (TPSA) is 23.6 Å². The molecule has 1 aliphatic carbocycles. The first kappa shape index (κ1) is 17.6. The van der Waals surface area contributed by atoms with E-state index in [4.69, 9.17) is 0 Å². The summed E-state index contributed by atoms with van der Waals surface area (Å²) in [6.07, 6.45) is 2.58. The van der Waals surface area contributed by atoms with Gasteiger partial charge in [0.2, 0.25) is 5.91 Å². The Hall–Kier alpha value is -1.85. The van der Waals surface area contributed by atoms with Gasteiger partial charge in [0.05, 0.1) is 11.8 Å². The molecule has 0 bridgehead atoms. The third-order valence-electron chi connectivity index (χ3n) is 5.16. The molecular formula is C21H23FN2OS. The minimum atomic E-state index is -0.249. The van der Waals surface area contributed by atoms with Crippen LogP contribution in [0.25, 0.3) is 0 Å². The summed E-state index contributed by atoms with van der Waals surface area (Å²) < 4.78 is 13.0. The van der Waals surface area contributed by atoms with Crippen LogP contribution in [0.2, 0.25) is 0 Å². The van der Waals surface area contributed by atoms with Gasteiger partial charge >= 0.3 is 0 Å². The van der Waals surface area contributed by atoms with Crippen molar-refractivity contribution in [1.29, 1.82) is 0 Å². The fourth-order valence-corrected chi connectivity index (χ4v) is 4.38. The second-order valence-electron chi connectivity index (χ2n) is 6.98. The standard InChI is InChI=1S/C21H23FN2OS/c22-17-6-10-19(11-7-17)26-15-21(25)24-13-12-23(18-8-9-18)14-20(24)16-4-2-1-3-5-16/h1-7,10-11,18,20H,8-9,12-15H2. The summed E-state index contributed by atoms with van der Waals surface area (Å²) in [5, 5.41) is 0. The Morgan fingerprint density at radius 2 is 1.77 bits per heavy atom. The van der Waals surface area contributed by atoms with Gasteiger partial charge in [0, 0.05) is 30.6 Å². The lowest BCUT2D eigenvalue weighted by atomic mass is 10.0. The Bertz CT molecular complexity index is 748. The van der Waals surface area contributed by atoms with Gasteiger partial charge < -0.3 is 4.90 Å². The first-order valence-electron chi connectivity index (χ1n) is 9.17. The van der Waals surface area contributed by atoms with Crippen molar-refractivity contribution in [2.75, 3.05) is 25.4 Å². The van der Waals surface area contributed by atoms with Gasteiger partial charge in [0.15, 0.2) is 0 Å². The number of piperazine rings is 1.